The third kappa shape index (κ3) is 3.32. The molecule has 4 heteroatoms. The summed E-state index contributed by atoms with van der Waals surface area (Å²) < 4.78 is 9.84. The van der Waals surface area contributed by atoms with Gasteiger partial charge in [0.15, 0.2) is 0 Å². The summed E-state index contributed by atoms with van der Waals surface area (Å²) in [6.45, 7) is 1.56. The van der Waals surface area contributed by atoms with E-state index in [0.29, 0.717) is 12.3 Å². The van der Waals surface area contributed by atoms with Gasteiger partial charge in [-0.3, -0.25) is 4.79 Å². The average Bonchev–Trinajstić information content (AvgIpc) is 2.18. The number of esters is 1. The molecule has 0 saturated carbocycles. The van der Waals surface area contributed by atoms with Crippen LogP contribution in [0, 0.1) is 5.92 Å². The van der Waals surface area contributed by atoms with Gasteiger partial charge in [0.05, 0.1) is 7.11 Å². The lowest BCUT2D eigenvalue weighted by Gasteiger charge is -2.23. The Bertz CT molecular complexity index is 166. The van der Waals surface area contributed by atoms with Gasteiger partial charge in [-0.25, -0.2) is 0 Å². The molecular formula is C9H17NO3. The van der Waals surface area contributed by atoms with Crippen molar-refractivity contribution in [3.8, 4) is 0 Å². The Kier molecular flexibility index (Phi) is 4.18. The lowest BCUT2D eigenvalue weighted by atomic mass is 9.95. The van der Waals surface area contributed by atoms with Gasteiger partial charge in [0.2, 0.25) is 0 Å². The number of carbonyl (C=O) groups is 1. The van der Waals surface area contributed by atoms with Crippen LogP contribution in [0.25, 0.3) is 0 Å². The molecule has 2 N–H and O–H groups in total. The molecule has 0 aromatic rings. The highest BCUT2D eigenvalue weighted by atomic mass is 16.5. The van der Waals surface area contributed by atoms with Gasteiger partial charge in [-0.15, -0.1) is 0 Å². The predicted molar refractivity (Wildman–Crippen MR) is 48.2 cm³/mol. The molecule has 1 rings (SSSR count). The highest BCUT2D eigenvalue weighted by molar-refractivity contribution is 5.75. The van der Waals surface area contributed by atoms with Gasteiger partial charge in [0.25, 0.3) is 0 Å². The summed E-state index contributed by atoms with van der Waals surface area (Å²) in [5.74, 6) is 0.0911. The van der Waals surface area contributed by atoms with Gasteiger partial charge in [0, 0.05) is 13.2 Å². The molecular weight excluding hydrogens is 170 g/mol. The van der Waals surface area contributed by atoms with Crippen LogP contribution in [-0.2, 0) is 14.3 Å². The van der Waals surface area contributed by atoms with Gasteiger partial charge in [-0.2, -0.15) is 0 Å². The van der Waals surface area contributed by atoms with E-state index in [4.69, 9.17) is 10.5 Å². The molecule has 2 atom stereocenters. The van der Waals surface area contributed by atoms with Crippen LogP contribution in [0.4, 0.5) is 0 Å². The third-order valence-electron chi connectivity index (χ3n) is 2.35. The van der Waals surface area contributed by atoms with E-state index in [1.54, 1.807) is 0 Å². The Morgan fingerprint density at radius 3 is 3.08 bits per heavy atom. The van der Waals surface area contributed by atoms with Gasteiger partial charge >= 0.3 is 5.97 Å². The van der Waals surface area contributed by atoms with Crippen LogP contribution >= 0.6 is 0 Å². The second-order valence-corrected chi connectivity index (χ2v) is 3.45. The lowest BCUT2D eigenvalue weighted by Crippen LogP contribution is -2.35. The zero-order chi connectivity index (χ0) is 9.68. The zero-order valence-corrected chi connectivity index (χ0v) is 7.99. The molecule has 1 aliphatic heterocycles. The van der Waals surface area contributed by atoms with Crippen molar-refractivity contribution in [2.24, 2.45) is 11.7 Å². The molecule has 0 aromatic carbocycles. The molecule has 0 radical (unpaired) electrons. The molecule has 0 bridgehead atoms. The molecule has 4 nitrogen and oxygen atoms in total. The van der Waals surface area contributed by atoms with Crippen LogP contribution in [0.2, 0.25) is 0 Å². The van der Waals surface area contributed by atoms with E-state index in [-0.39, 0.29) is 5.97 Å². The van der Waals surface area contributed by atoms with Crippen molar-refractivity contribution in [2.45, 2.75) is 25.3 Å². The van der Waals surface area contributed by atoms with E-state index < -0.39 is 6.04 Å². The maximum Gasteiger partial charge on any atom is 0.322 e. The minimum Gasteiger partial charge on any atom is -0.468 e. The highest BCUT2D eigenvalue weighted by Gasteiger charge is 2.21. The maximum absolute atomic E-state index is 11.0. The smallest absolute Gasteiger partial charge is 0.322 e. The first kappa shape index (κ1) is 10.5. The second-order valence-electron chi connectivity index (χ2n) is 3.45. The van der Waals surface area contributed by atoms with E-state index in [9.17, 15) is 4.79 Å². The Hall–Kier alpha value is -0.610. The van der Waals surface area contributed by atoms with Crippen molar-refractivity contribution < 1.29 is 14.3 Å². The Morgan fingerprint density at radius 1 is 1.77 bits per heavy atom. The maximum atomic E-state index is 11.0. The van der Waals surface area contributed by atoms with E-state index in [2.05, 4.69) is 4.74 Å². The number of ether oxygens (including phenoxy) is 2. The molecule has 13 heavy (non-hydrogen) atoms. The van der Waals surface area contributed by atoms with E-state index >= 15 is 0 Å². The summed E-state index contributed by atoms with van der Waals surface area (Å²) in [5, 5.41) is 0. The van der Waals surface area contributed by atoms with Crippen molar-refractivity contribution in [2.75, 3.05) is 20.3 Å². The SMILES string of the molecule is COC(=O)[C@H](N)C[C@H]1CCCOC1. The van der Waals surface area contributed by atoms with E-state index in [0.717, 1.165) is 26.1 Å². The van der Waals surface area contributed by atoms with Crippen molar-refractivity contribution in [3.63, 3.8) is 0 Å². The zero-order valence-electron chi connectivity index (χ0n) is 7.99. The molecule has 76 valence electrons. The van der Waals surface area contributed by atoms with Gasteiger partial charge in [0.1, 0.15) is 6.04 Å². The topological polar surface area (TPSA) is 61.5 Å². The summed E-state index contributed by atoms with van der Waals surface area (Å²) in [6, 6.07) is -0.489. The molecule has 0 aromatic heterocycles. The van der Waals surface area contributed by atoms with Gasteiger partial charge < -0.3 is 15.2 Å². The summed E-state index contributed by atoms with van der Waals surface area (Å²) in [4.78, 5) is 11.0. The number of hydrogen-bond donors (Lipinski definition) is 1. The standard InChI is InChI=1S/C9H17NO3/c1-12-9(11)8(10)5-7-3-2-4-13-6-7/h7-8H,2-6,10H2,1H3/t7-,8-/m1/s1. The minimum absolute atomic E-state index is 0.328. The van der Waals surface area contributed by atoms with Crippen molar-refractivity contribution >= 4 is 5.97 Å². The number of nitrogens with two attached hydrogens (primary N) is 1. The van der Waals surface area contributed by atoms with Crippen LogP contribution in [0.5, 0.6) is 0 Å². The fourth-order valence-electron chi connectivity index (χ4n) is 1.60. The molecule has 1 fully saturated rings. The Balaban J connectivity index is 2.25. The highest BCUT2D eigenvalue weighted by Crippen LogP contribution is 2.18. The van der Waals surface area contributed by atoms with Crippen molar-refractivity contribution in [3.05, 3.63) is 0 Å². The van der Waals surface area contributed by atoms with Crippen LogP contribution < -0.4 is 5.73 Å². The molecule has 0 unspecified atom stereocenters. The summed E-state index contributed by atoms with van der Waals surface area (Å²) in [6.07, 6.45) is 2.84. The Labute approximate surface area is 78.4 Å². The predicted octanol–water partition coefficient (Wildman–Crippen LogP) is 0.303. The van der Waals surface area contributed by atoms with Crippen LogP contribution in [0.15, 0.2) is 0 Å². The van der Waals surface area contributed by atoms with Crippen molar-refractivity contribution in [1.29, 1.82) is 0 Å². The molecule has 1 aliphatic rings. The largest absolute Gasteiger partial charge is 0.468 e. The normalized spacial score (nSPS) is 25.2. The number of rotatable bonds is 3. The molecule has 0 aliphatic carbocycles. The average molecular weight is 187 g/mol. The molecule has 0 spiro atoms. The first-order valence-electron chi connectivity index (χ1n) is 4.65. The first-order valence-corrected chi connectivity index (χ1v) is 4.65. The monoisotopic (exact) mass is 187 g/mol. The number of carbonyl (C=O) groups excluding carboxylic acids is 1. The summed E-state index contributed by atoms with van der Waals surface area (Å²) >= 11 is 0. The summed E-state index contributed by atoms with van der Waals surface area (Å²) in [7, 11) is 1.36. The fourth-order valence-corrected chi connectivity index (χ4v) is 1.60. The molecule has 0 amide bonds. The Morgan fingerprint density at radius 2 is 2.54 bits per heavy atom. The molecule has 1 saturated heterocycles. The van der Waals surface area contributed by atoms with E-state index in [1.807, 2.05) is 0 Å². The van der Waals surface area contributed by atoms with Gasteiger partial charge in [-0.05, 0) is 25.2 Å². The third-order valence-corrected chi connectivity index (χ3v) is 2.35. The quantitative estimate of drug-likeness (QED) is 0.646. The second kappa shape index (κ2) is 5.19. The summed E-state index contributed by atoms with van der Waals surface area (Å²) in [5.41, 5.74) is 5.63. The van der Waals surface area contributed by atoms with Crippen LogP contribution in [0.3, 0.4) is 0 Å². The van der Waals surface area contributed by atoms with Crippen LogP contribution in [0.1, 0.15) is 19.3 Å². The minimum atomic E-state index is -0.489. The van der Waals surface area contributed by atoms with Gasteiger partial charge in [-0.1, -0.05) is 0 Å². The van der Waals surface area contributed by atoms with E-state index in [1.165, 1.54) is 7.11 Å². The molecule has 1 heterocycles. The lowest BCUT2D eigenvalue weighted by molar-refractivity contribution is -0.142. The fraction of sp³-hybridized carbons (Fsp3) is 0.889. The van der Waals surface area contributed by atoms with Crippen LogP contribution in [-0.4, -0.2) is 32.3 Å². The first-order chi connectivity index (χ1) is 6.24. The van der Waals surface area contributed by atoms with Crippen molar-refractivity contribution in [1.82, 2.24) is 0 Å². The number of hydrogen-bond acceptors (Lipinski definition) is 4. The number of methoxy groups -OCH3 is 1.